The van der Waals surface area contributed by atoms with E-state index in [0.717, 1.165) is 11.0 Å². The van der Waals surface area contributed by atoms with Gasteiger partial charge < -0.3 is 4.90 Å². The van der Waals surface area contributed by atoms with Crippen LogP contribution in [0.15, 0.2) is 18.2 Å². The van der Waals surface area contributed by atoms with E-state index >= 15 is 0 Å². The Morgan fingerprint density at radius 1 is 1.28 bits per heavy atom. The van der Waals surface area contributed by atoms with Gasteiger partial charge in [0.15, 0.2) is 0 Å². The molecule has 1 aromatic rings. The number of nitrogens with zero attached hydrogens (tertiary/aromatic N) is 1. The van der Waals surface area contributed by atoms with Gasteiger partial charge in [0.1, 0.15) is 18.9 Å². The maximum atomic E-state index is 13.5. The van der Waals surface area contributed by atoms with Crippen LogP contribution in [0.3, 0.4) is 0 Å². The van der Waals surface area contributed by atoms with Crippen LogP contribution >= 0.6 is 11.6 Å². The van der Waals surface area contributed by atoms with Crippen molar-refractivity contribution in [3.63, 3.8) is 0 Å². The van der Waals surface area contributed by atoms with Gasteiger partial charge in [-0.1, -0.05) is 17.7 Å². The van der Waals surface area contributed by atoms with E-state index in [1.165, 1.54) is 12.1 Å². The highest BCUT2D eigenvalue weighted by atomic mass is 35.5. The van der Waals surface area contributed by atoms with E-state index < -0.39 is 23.5 Å². The Balaban J connectivity index is 2.31. The van der Waals surface area contributed by atoms with Crippen LogP contribution in [0, 0.1) is 5.82 Å². The highest BCUT2D eigenvalue weighted by Crippen LogP contribution is 2.21. The predicted octanol–water partition coefficient (Wildman–Crippen LogP) is 0.578. The van der Waals surface area contributed by atoms with Crippen molar-refractivity contribution >= 4 is 29.3 Å². The second kappa shape index (κ2) is 4.73. The average molecular weight is 271 g/mol. The van der Waals surface area contributed by atoms with Gasteiger partial charge in [0.25, 0.3) is 5.91 Å². The molecule has 0 aromatic heterocycles. The molecule has 7 heteroatoms. The average Bonchev–Trinajstić information content (AvgIpc) is 2.27. The summed E-state index contributed by atoms with van der Waals surface area (Å²) < 4.78 is 13.5. The maximum Gasteiger partial charge on any atom is 0.259 e. The fourth-order valence-electron chi connectivity index (χ4n) is 1.64. The van der Waals surface area contributed by atoms with Gasteiger partial charge in [0.05, 0.1) is 10.6 Å². The lowest BCUT2D eigenvalue weighted by molar-refractivity contribution is -0.135. The Labute approximate surface area is 107 Å². The Hall–Kier alpha value is -1.95. The fraction of sp³-hybridized carbons (Fsp3) is 0.182. The number of carbonyl (C=O) groups excluding carboxylic acids is 3. The van der Waals surface area contributed by atoms with Gasteiger partial charge in [-0.05, 0) is 12.1 Å². The van der Waals surface area contributed by atoms with Crippen molar-refractivity contribution in [2.24, 2.45) is 0 Å². The first-order chi connectivity index (χ1) is 8.49. The number of benzene rings is 1. The zero-order valence-corrected chi connectivity index (χ0v) is 9.83. The summed E-state index contributed by atoms with van der Waals surface area (Å²) in [6.45, 7) is -0.593. The summed E-state index contributed by atoms with van der Waals surface area (Å²) in [6.07, 6.45) is 0. The summed E-state index contributed by atoms with van der Waals surface area (Å²) in [6, 6.07) is 3.82. The van der Waals surface area contributed by atoms with Gasteiger partial charge in [0.2, 0.25) is 11.8 Å². The highest BCUT2D eigenvalue weighted by Gasteiger charge is 2.29. The second-order valence-corrected chi connectivity index (χ2v) is 4.14. The van der Waals surface area contributed by atoms with Crippen LogP contribution < -0.4 is 5.32 Å². The number of nitrogens with one attached hydrogen (secondary N) is 1. The molecule has 0 unspecified atom stereocenters. The first-order valence-electron chi connectivity index (χ1n) is 5.05. The van der Waals surface area contributed by atoms with Crippen LogP contribution in [0.2, 0.25) is 5.02 Å². The minimum atomic E-state index is -0.786. The molecule has 0 atom stereocenters. The molecular weight excluding hydrogens is 263 g/mol. The molecular formula is C11H8ClFN2O3. The quantitative estimate of drug-likeness (QED) is 0.759. The molecule has 1 aliphatic rings. The molecule has 0 bridgehead atoms. The summed E-state index contributed by atoms with van der Waals surface area (Å²) in [7, 11) is 0. The van der Waals surface area contributed by atoms with Crippen LogP contribution in [0.25, 0.3) is 0 Å². The topological polar surface area (TPSA) is 66.5 Å². The van der Waals surface area contributed by atoms with Crippen molar-refractivity contribution in [2.45, 2.75) is 0 Å². The van der Waals surface area contributed by atoms with Crippen molar-refractivity contribution in [3.8, 4) is 0 Å². The smallest absolute Gasteiger partial charge is 0.259 e. The van der Waals surface area contributed by atoms with E-state index in [1.54, 1.807) is 0 Å². The van der Waals surface area contributed by atoms with E-state index in [-0.39, 0.29) is 23.7 Å². The largest absolute Gasteiger partial charge is 0.320 e. The Bertz CT molecular complexity index is 511. The van der Waals surface area contributed by atoms with Gasteiger partial charge in [-0.25, -0.2) is 4.39 Å². The SMILES string of the molecule is O=C1CN(C(=O)c2c(F)cccc2Cl)CC(=O)N1. The number of amides is 3. The first-order valence-corrected chi connectivity index (χ1v) is 5.43. The van der Waals surface area contributed by atoms with Crippen molar-refractivity contribution < 1.29 is 18.8 Å². The predicted molar refractivity (Wildman–Crippen MR) is 60.5 cm³/mol. The Kier molecular flexibility index (Phi) is 3.29. The van der Waals surface area contributed by atoms with Gasteiger partial charge in [-0.2, -0.15) is 0 Å². The third-order valence-electron chi connectivity index (χ3n) is 2.41. The van der Waals surface area contributed by atoms with Crippen LogP contribution in [-0.2, 0) is 9.59 Å². The lowest BCUT2D eigenvalue weighted by Gasteiger charge is -2.25. The zero-order valence-electron chi connectivity index (χ0n) is 9.07. The number of carbonyl (C=O) groups is 3. The van der Waals surface area contributed by atoms with Gasteiger partial charge in [0, 0.05) is 0 Å². The fourth-order valence-corrected chi connectivity index (χ4v) is 1.88. The van der Waals surface area contributed by atoms with Crippen LogP contribution in [0.5, 0.6) is 0 Å². The minimum absolute atomic E-state index is 0.0570. The molecule has 18 heavy (non-hydrogen) atoms. The molecule has 3 amide bonds. The minimum Gasteiger partial charge on any atom is -0.320 e. The molecule has 1 heterocycles. The molecule has 1 fully saturated rings. The molecule has 0 radical (unpaired) electrons. The number of imide groups is 1. The van der Waals surface area contributed by atoms with E-state index in [0.29, 0.717) is 0 Å². The number of hydrogen-bond acceptors (Lipinski definition) is 3. The van der Waals surface area contributed by atoms with Crippen molar-refractivity contribution in [2.75, 3.05) is 13.1 Å². The van der Waals surface area contributed by atoms with E-state index in [9.17, 15) is 18.8 Å². The molecule has 94 valence electrons. The lowest BCUT2D eigenvalue weighted by Crippen LogP contribution is -2.53. The summed E-state index contributed by atoms with van der Waals surface area (Å²) >= 11 is 5.74. The molecule has 0 spiro atoms. The number of halogens is 2. The standard InChI is InChI=1S/C11H8ClFN2O3/c12-6-2-1-3-7(13)10(6)11(18)15-4-8(16)14-9(17)5-15/h1-3H,4-5H2,(H,14,16,17). The third kappa shape index (κ3) is 2.33. The van der Waals surface area contributed by atoms with Crippen molar-refractivity contribution in [1.29, 1.82) is 0 Å². The lowest BCUT2D eigenvalue weighted by atomic mass is 10.1. The van der Waals surface area contributed by atoms with Gasteiger partial charge >= 0.3 is 0 Å². The van der Waals surface area contributed by atoms with E-state index in [2.05, 4.69) is 0 Å². The van der Waals surface area contributed by atoms with Gasteiger partial charge in [-0.3, -0.25) is 19.7 Å². The summed E-state index contributed by atoms with van der Waals surface area (Å²) in [5, 5.41) is 1.99. The molecule has 1 aliphatic heterocycles. The molecule has 1 saturated heterocycles. The van der Waals surface area contributed by atoms with Crippen LogP contribution in [-0.4, -0.2) is 35.7 Å². The van der Waals surface area contributed by atoms with E-state index in [4.69, 9.17) is 11.6 Å². The summed E-state index contributed by atoms with van der Waals surface area (Å²) in [5.41, 5.74) is -0.332. The molecule has 2 rings (SSSR count). The highest BCUT2D eigenvalue weighted by molar-refractivity contribution is 6.34. The maximum absolute atomic E-state index is 13.5. The number of rotatable bonds is 1. The van der Waals surface area contributed by atoms with Crippen LogP contribution in [0.1, 0.15) is 10.4 Å². The van der Waals surface area contributed by atoms with Crippen molar-refractivity contribution in [3.05, 3.63) is 34.6 Å². The normalized spacial score (nSPS) is 15.6. The summed E-state index contributed by atoms with van der Waals surface area (Å²) in [4.78, 5) is 35.2. The number of hydrogen-bond donors (Lipinski definition) is 1. The molecule has 5 nitrogen and oxygen atoms in total. The Morgan fingerprint density at radius 3 is 2.44 bits per heavy atom. The third-order valence-corrected chi connectivity index (χ3v) is 2.73. The van der Waals surface area contributed by atoms with Crippen LogP contribution in [0.4, 0.5) is 4.39 Å². The van der Waals surface area contributed by atoms with E-state index in [1.807, 2.05) is 5.32 Å². The number of piperazine rings is 1. The molecule has 0 saturated carbocycles. The molecule has 1 N–H and O–H groups in total. The first kappa shape index (κ1) is 12.5. The zero-order chi connectivity index (χ0) is 13.3. The van der Waals surface area contributed by atoms with Crippen molar-refractivity contribution in [1.82, 2.24) is 10.2 Å². The summed E-state index contributed by atoms with van der Waals surface area (Å²) in [5.74, 6) is -2.77. The Morgan fingerprint density at radius 2 is 1.89 bits per heavy atom. The molecule has 0 aliphatic carbocycles. The monoisotopic (exact) mass is 270 g/mol. The molecule has 1 aromatic carbocycles. The van der Waals surface area contributed by atoms with Gasteiger partial charge in [-0.15, -0.1) is 0 Å². The second-order valence-electron chi connectivity index (χ2n) is 3.73.